The molecule has 1 saturated carbocycles. The van der Waals surface area contributed by atoms with Crippen molar-refractivity contribution < 1.29 is 14.6 Å². The van der Waals surface area contributed by atoms with Crippen LogP contribution in [0.2, 0.25) is 0 Å². The van der Waals surface area contributed by atoms with E-state index in [9.17, 15) is 9.90 Å². The number of amides is 1. The molecule has 2 N–H and O–H groups in total. The number of nitrogens with one attached hydrogen (secondary N) is 1. The lowest BCUT2D eigenvalue weighted by molar-refractivity contribution is -0.117. The molecule has 0 aliphatic heterocycles. The van der Waals surface area contributed by atoms with Gasteiger partial charge in [0.1, 0.15) is 5.75 Å². The highest BCUT2D eigenvalue weighted by Crippen LogP contribution is 2.28. The van der Waals surface area contributed by atoms with Crippen molar-refractivity contribution in [3.8, 4) is 5.75 Å². The summed E-state index contributed by atoms with van der Waals surface area (Å²) in [7, 11) is 1.56. The lowest BCUT2D eigenvalue weighted by atomic mass is 10.0. The van der Waals surface area contributed by atoms with Gasteiger partial charge < -0.3 is 15.2 Å². The molecule has 1 aromatic rings. The molecule has 19 heavy (non-hydrogen) atoms. The van der Waals surface area contributed by atoms with Crippen molar-refractivity contribution in [2.45, 2.75) is 38.7 Å². The lowest BCUT2D eigenvalue weighted by Crippen LogP contribution is -2.15. The molecule has 0 spiro atoms. The normalized spacial score (nSPS) is 15.5. The molecule has 4 nitrogen and oxygen atoms in total. The van der Waals surface area contributed by atoms with Crippen LogP contribution < -0.4 is 10.1 Å². The number of methoxy groups -OCH3 is 1. The number of hydrogen-bond acceptors (Lipinski definition) is 3. The molecule has 0 unspecified atom stereocenters. The highest BCUT2D eigenvalue weighted by molar-refractivity contribution is 5.91. The van der Waals surface area contributed by atoms with Gasteiger partial charge in [0.25, 0.3) is 0 Å². The van der Waals surface area contributed by atoms with Gasteiger partial charge in [-0.2, -0.15) is 0 Å². The molecular weight excluding hydrogens is 242 g/mol. The number of benzene rings is 1. The second-order valence-electron chi connectivity index (χ2n) is 5.09. The number of aliphatic hydroxyl groups excluding tert-OH is 1. The van der Waals surface area contributed by atoms with E-state index in [1.807, 2.05) is 0 Å². The number of carbonyl (C=O) groups excluding carboxylic acids is 1. The minimum atomic E-state index is -0.102. The first-order valence-electron chi connectivity index (χ1n) is 6.80. The van der Waals surface area contributed by atoms with Crippen molar-refractivity contribution in [1.82, 2.24) is 0 Å². The SMILES string of the molecule is COc1ccc(NC(=O)CC2CCCC2)cc1CO. The fourth-order valence-electron chi connectivity index (χ4n) is 2.67. The van der Waals surface area contributed by atoms with Crippen LogP contribution >= 0.6 is 0 Å². The molecule has 1 amide bonds. The first kappa shape index (κ1) is 13.9. The smallest absolute Gasteiger partial charge is 0.224 e. The summed E-state index contributed by atoms with van der Waals surface area (Å²) in [6.07, 6.45) is 5.42. The van der Waals surface area contributed by atoms with Gasteiger partial charge in [-0.05, 0) is 37.0 Å². The molecule has 0 aromatic heterocycles. The summed E-state index contributed by atoms with van der Waals surface area (Å²) < 4.78 is 5.13. The number of hydrogen-bond donors (Lipinski definition) is 2. The summed E-state index contributed by atoms with van der Waals surface area (Å²) in [6.45, 7) is -0.102. The van der Waals surface area contributed by atoms with Crippen LogP contribution in [0.4, 0.5) is 5.69 Å². The summed E-state index contributed by atoms with van der Waals surface area (Å²) in [5.74, 6) is 1.23. The van der Waals surface area contributed by atoms with E-state index < -0.39 is 0 Å². The zero-order valence-corrected chi connectivity index (χ0v) is 11.3. The quantitative estimate of drug-likeness (QED) is 0.858. The van der Waals surface area contributed by atoms with Crippen molar-refractivity contribution >= 4 is 11.6 Å². The molecule has 0 radical (unpaired) electrons. The van der Waals surface area contributed by atoms with Gasteiger partial charge in [-0.1, -0.05) is 12.8 Å². The minimum Gasteiger partial charge on any atom is -0.496 e. The van der Waals surface area contributed by atoms with Crippen LogP contribution in [0.5, 0.6) is 5.75 Å². The minimum absolute atomic E-state index is 0.0564. The number of ether oxygens (including phenoxy) is 1. The van der Waals surface area contributed by atoms with Crippen LogP contribution in [0.15, 0.2) is 18.2 Å². The topological polar surface area (TPSA) is 58.6 Å². The Morgan fingerprint density at radius 2 is 2.16 bits per heavy atom. The molecule has 4 heteroatoms. The first-order chi connectivity index (χ1) is 9.22. The van der Waals surface area contributed by atoms with Crippen molar-refractivity contribution in [3.63, 3.8) is 0 Å². The average Bonchev–Trinajstić information content (AvgIpc) is 2.91. The Balaban J connectivity index is 1.96. The molecule has 0 bridgehead atoms. The van der Waals surface area contributed by atoms with Gasteiger partial charge >= 0.3 is 0 Å². The van der Waals surface area contributed by atoms with E-state index in [1.54, 1.807) is 25.3 Å². The Morgan fingerprint density at radius 3 is 2.79 bits per heavy atom. The number of aliphatic hydroxyl groups is 1. The first-order valence-corrected chi connectivity index (χ1v) is 6.80. The van der Waals surface area contributed by atoms with Gasteiger partial charge in [0.15, 0.2) is 0 Å². The van der Waals surface area contributed by atoms with Crippen LogP contribution in [0.25, 0.3) is 0 Å². The van der Waals surface area contributed by atoms with Crippen LogP contribution in [-0.2, 0) is 11.4 Å². The molecule has 1 aromatic carbocycles. The summed E-state index contributed by atoms with van der Waals surface area (Å²) in [5.41, 5.74) is 1.40. The zero-order valence-electron chi connectivity index (χ0n) is 11.3. The molecule has 2 rings (SSSR count). The Kier molecular flexibility index (Phi) is 4.80. The summed E-state index contributed by atoms with van der Waals surface area (Å²) in [4.78, 5) is 11.9. The van der Waals surface area contributed by atoms with Gasteiger partial charge in [0, 0.05) is 17.7 Å². The molecule has 1 aliphatic carbocycles. The maximum absolute atomic E-state index is 11.9. The molecule has 0 heterocycles. The molecule has 1 fully saturated rings. The van der Waals surface area contributed by atoms with Crippen molar-refractivity contribution in [2.75, 3.05) is 12.4 Å². The van der Waals surface area contributed by atoms with Crippen LogP contribution in [0.1, 0.15) is 37.7 Å². The maximum Gasteiger partial charge on any atom is 0.224 e. The van der Waals surface area contributed by atoms with Gasteiger partial charge in [0.05, 0.1) is 13.7 Å². The monoisotopic (exact) mass is 263 g/mol. The fraction of sp³-hybridized carbons (Fsp3) is 0.533. The average molecular weight is 263 g/mol. The molecule has 0 atom stereocenters. The summed E-state index contributed by atoms with van der Waals surface area (Å²) >= 11 is 0. The van der Waals surface area contributed by atoms with E-state index in [1.165, 1.54) is 12.8 Å². The molecule has 104 valence electrons. The molecule has 1 aliphatic rings. The zero-order chi connectivity index (χ0) is 13.7. The standard InChI is InChI=1S/C15H21NO3/c1-19-14-7-6-13(9-12(14)10-17)16-15(18)8-11-4-2-3-5-11/h6-7,9,11,17H,2-5,8,10H2,1H3,(H,16,18). The third-order valence-electron chi connectivity index (χ3n) is 3.68. The Labute approximate surface area is 113 Å². The highest BCUT2D eigenvalue weighted by atomic mass is 16.5. The lowest BCUT2D eigenvalue weighted by Gasteiger charge is -2.12. The third-order valence-corrected chi connectivity index (χ3v) is 3.68. The van der Waals surface area contributed by atoms with Crippen molar-refractivity contribution in [2.24, 2.45) is 5.92 Å². The van der Waals surface area contributed by atoms with E-state index in [0.717, 1.165) is 12.8 Å². The predicted octanol–water partition coefficient (Wildman–Crippen LogP) is 2.71. The largest absolute Gasteiger partial charge is 0.496 e. The number of anilines is 1. The molecular formula is C15H21NO3. The van der Waals surface area contributed by atoms with Gasteiger partial charge in [-0.3, -0.25) is 4.79 Å². The van der Waals surface area contributed by atoms with Crippen LogP contribution in [0, 0.1) is 5.92 Å². The second-order valence-corrected chi connectivity index (χ2v) is 5.09. The Morgan fingerprint density at radius 1 is 1.42 bits per heavy atom. The summed E-state index contributed by atoms with van der Waals surface area (Å²) in [5, 5.41) is 12.1. The highest BCUT2D eigenvalue weighted by Gasteiger charge is 2.18. The fourth-order valence-corrected chi connectivity index (χ4v) is 2.67. The number of carbonyl (C=O) groups is 1. The Bertz CT molecular complexity index is 439. The van der Waals surface area contributed by atoms with Crippen molar-refractivity contribution in [1.29, 1.82) is 0 Å². The van der Waals surface area contributed by atoms with E-state index in [4.69, 9.17) is 4.74 Å². The predicted molar refractivity (Wildman–Crippen MR) is 74.1 cm³/mol. The second kappa shape index (κ2) is 6.57. The number of rotatable bonds is 5. The van der Waals surface area contributed by atoms with E-state index >= 15 is 0 Å². The van der Waals surface area contributed by atoms with E-state index in [2.05, 4.69) is 5.32 Å². The van der Waals surface area contributed by atoms with Crippen LogP contribution in [0.3, 0.4) is 0 Å². The van der Waals surface area contributed by atoms with Gasteiger partial charge in [-0.25, -0.2) is 0 Å². The van der Waals surface area contributed by atoms with E-state index in [0.29, 0.717) is 29.3 Å². The maximum atomic E-state index is 11.9. The van der Waals surface area contributed by atoms with Gasteiger partial charge in [0.2, 0.25) is 5.91 Å². The molecule has 0 saturated heterocycles. The van der Waals surface area contributed by atoms with Gasteiger partial charge in [-0.15, -0.1) is 0 Å². The van der Waals surface area contributed by atoms with Crippen molar-refractivity contribution in [3.05, 3.63) is 23.8 Å². The third kappa shape index (κ3) is 3.70. The summed E-state index contributed by atoms with van der Waals surface area (Å²) in [6, 6.07) is 5.31. The Hall–Kier alpha value is -1.55. The van der Waals surface area contributed by atoms with Crippen LogP contribution in [-0.4, -0.2) is 18.1 Å². The van der Waals surface area contributed by atoms with E-state index in [-0.39, 0.29) is 12.5 Å².